The molecular formula is C11H16O3. The topological polar surface area (TPSA) is 43.4 Å². The maximum atomic E-state index is 11.7. The van der Waals surface area contributed by atoms with Crippen molar-refractivity contribution in [2.45, 2.75) is 33.6 Å². The zero-order chi connectivity index (χ0) is 10.8. The molecule has 0 N–H and O–H groups in total. The van der Waals surface area contributed by atoms with Gasteiger partial charge in [0, 0.05) is 0 Å². The molecule has 3 heteroatoms. The Bertz CT molecular complexity index is 291. The summed E-state index contributed by atoms with van der Waals surface area (Å²) in [7, 11) is 0. The molecule has 0 saturated carbocycles. The van der Waals surface area contributed by atoms with Crippen molar-refractivity contribution in [2.75, 3.05) is 6.61 Å². The number of esters is 1. The standard InChI is InChI=1S/C11H16O3/c1-4-14-10(13)11(3)6-5-8(2)7-9(11)12/h7H,4-6H2,1-3H3. The van der Waals surface area contributed by atoms with E-state index in [1.54, 1.807) is 19.9 Å². The van der Waals surface area contributed by atoms with E-state index in [4.69, 9.17) is 4.74 Å². The van der Waals surface area contributed by atoms with Crippen molar-refractivity contribution in [3.05, 3.63) is 11.6 Å². The van der Waals surface area contributed by atoms with Gasteiger partial charge in [-0.1, -0.05) is 5.57 Å². The van der Waals surface area contributed by atoms with Crippen LogP contribution in [0, 0.1) is 5.41 Å². The zero-order valence-electron chi connectivity index (χ0n) is 8.92. The Hall–Kier alpha value is -1.12. The Morgan fingerprint density at radius 3 is 2.79 bits per heavy atom. The van der Waals surface area contributed by atoms with Gasteiger partial charge in [0.1, 0.15) is 5.41 Å². The summed E-state index contributed by atoms with van der Waals surface area (Å²) in [5.74, 6) is -0.520. The molecule has 0 bridgehead atoms. The largest absolute Gasteiger partial charge is 0.465 e. The molecule has 3 nitrogen and oxygen atoms in total. The van der Waals surface area contributed by atoms with Gasteiger partial charge in [-0.2, -0.15) is 0 Å². The fraction of sp³-hybridized carbons (Fsp3) is 0.636. The number of carbonyl (C=O) groups excluding carboxylic acids is 2. The normalized spacial score (nSPS) is 27.1. The predicted octanol–water partition coefficient (Wildman–Crippen LogP) is 1.86. The number of rotatable bonds is 2. The van der Waals surface area contributed by atoms with E-state index in [1.165, 1.54) is 0 Å². The van der Waals surface area contributed by atoms with E-state index >= 15 is 0 Å². The Morgan fingerprint density at radius 2 is 2.29 bits per heavy atom. The molecule has 0 aromatic carbocycles. The van der Waals surface area contributed by atoms with Crippen LogP contribution < -0.4 is 0 Å². The zero-order valence-corrected chi connectivity index (χ0v) is 8.92. The van der Waals surface area contributed by atoms with E-state index in [0.29, 0.717) is 13.0 Å². The summed E-state index contributed by atoms with van der Waals surface area (Å²) in [6.07, 6.45) is 2.91. The van der Waals surface area contributed by atoms with Crippen LogP contribution in [-0.4, -0.2) is 18.4 Å². The third-order valence-corrected chi connectivity index (χ3v) is 2.67. The maximum Gasteiger partial charge on any atom is 0.319 e. The van der Waals surface area contributed by atoms with Crippen molar-refractivity contribution in [1.29, 1.82) is 0 Å². The van der Waals surface area contributed by atoms with Crippen molar-refractivity contribution in [2.24, 2.45) is 5.41 Å². The quantitative estimate of drug-likeness (QED) is 0.500. The van der Waals surface area contributed by atoms with Gasteiger partial charge in [-0.3, -0.25) is 9.59 Å². The van der Waals surface area contributed by atoms with Gasteiger partial charge >= 0.3 is 5.97 Å². The molecule has 1 atom stereocenters. The highest BCUT2D eigenvalue weighted by Gasteiger charge is 2.42. The van der Waals surface area contributed by atoms with E-state index < -0.39 is 11.4 Å². The lowest BCUT2D eigenvalue weighted by Crippen LogP contribution is -2.39. The van der Waals surface area contributed by atoms with Crippen molar-refractivity contribution >= 4 is 11.8 Å². The summed E-state index contributed by atoms with van der Waals surface area (Å²) in [6.45, 7) is 5.64. The van der Waals surface area contributed by atoms with Gasteiger partial charge < -0.3 is 4.74 Å². The summed E-state index contributed by atoms with van der Waals surface area (Å²) >= 11 is 0. The van der Waals surface area contributed by atoms with E-state index in [0.717, 1.165) is 12.0 Å². The third-order valence-electron chi connectivity index (χ3n) is 2.67. The SMILES string of the molecule is CCOC(=O)C1(C)CCC(C)=CC1=O. The summed E-state index contributed by atoms with van der Waals surface area (Å²) in [6, 6.07) is 0. The molecule has 1 unspecified atom stereocenters. The smallest absolute Gasteiger partial charge is 0.319 e. The average Bonchev–Trinajstić information content (AvgIpc) is 2.12. The molecule has 1 rings (SSSR count). The van der Waals surface area contributed by atoms with E-state index in [-0.39, 0.29) is 5.78 Å². The number of carbonyl (C=O) groups is 2. The molecule has 78 valence electrons. The first-order valence-corrected chi connectivity index (χ1v) is 4.89. The molecule has 0 aliphatic heterocycles. The molecule has 0 heterocycles. The van der Waals surface area contributed by atoms with Crippen LogP contribution in [0.25, 0.3) is 0 Å². The minimum Gasteiger partial charge on any atom is -0.465 e. The number of ether oxygens (including phenoxy) is 1. The van der Waals surface area contributed by atoms with Gasteiger partial charge in [0.2, 0.25) is 0 Å². The Labute approximate surface area is 84.1 Å². The molecule has 0 spiro atoms. The number of ketones is 1. The predicted molar refractivity (Wildman–Crippen MR) is 52.7 cm³/mol. The lowest BCUT2D eigenvalue weighted by Gasteiger charge is -2.27. The lowest BCUT2D eigenvalue weighted by atomic mass is 9.76. The van der Waals surface area contributed by atoms with Crippen LogP contribution in [0.1, 0.15) is 33.6 Å². The van der Waals surface area contributed by atoms with Gasteiger partial charge in [-0.15, -0.1) is 0 Å². The first kappa shape index (κ1) is 11.0. The molecule has 1 aliphatic carbocycles. The highest BCUT2D eigenvalue weighted by Crippen LogP contribution is 2.33. The van der Waals surface area contributed by atoms with E-state index in [1.807, 2.05) is 6.92 Å². The molecular weight excluding hydrogens is 180 g/mol. The second-order valence-corrected chi connectivity index (χ2v) is 3.91. The second-order valence-electron chi connectivity index (χ2n) is 3.91. The van der Waals surface area contributed by atoms with Crippen LogP contribution in [0.4, 0.5) is 0 Å². The van der Waals surface area contributed by atoms with Crippen LogP contribution in [0.5, 0.6) is 0 Å². The minimum absolute atomic E-state index is 0.125. The van der Waals surface area contributed by atoms with Crippen LogP contribution >= 0.6 is 0 Å². The van der Waals surface area contributed by atoms with Gasteiger partial charge in [0.15, 0.2) is 5.78 Å². The van der Waals surface area contributed by atoms with Crippen LogP contribution in [-0.2, 0) is 14.3 Å². The Kier molecular flexibility index (Phi) is 3.09. The monoisotopic (exact) mass is 196 g/mol. The lowest BCUT2D eigenvalue weighted by molar-refractivity contribution is -0.158. The average molecular weight is 196 g/mol. The fourth-order valence-corrected chi connectivity index (χ4v) is 1.52. The van der Waals surface area contributed by atoms with Gasteiger partial charge in [-0.25, -0.2) is 0 Å². The second kappa shape index (κ2) is 3.95. The van der Waals surface area contributed by atoms with E-state index in [9.17, 15) is 9.59 Å². The molecule has 0 amide bonds. The highest BCUT2D eigenvalue weighted by atomic mass is 16.5. The van der Waals surface area contributed by atoms with Crippen LogP contribution in [0.15, 0.2) is 11.6 Å². The number of hydrogen-bond acceptors (Lipinski definition) is 3. The third kappa shape index (κ3) is 1.86. The van der Waals surface area contributed by atoms with Gasteiger partial charge in [0.05, 0.1) is 6.61 Å². The molecule has 0 radical (unpaired) electrons. The number of hydrogen-bond donors (Lipinski definition) is 0. The highest BCUT2D eigenvalue weighted by molar-refractivity contribution is 6.09. The Balaban J connectivity index is 2.85. The minimum atomic E-state index is -0.949. The van der Waals surface area contributed by atoms with Gasteiger partial charge in [-0.05, 0) is 39.7 Å². The molecule has 0 saturated heterocycles. The van der Waals surface area contributed by atoms with Crippen molar-refractivity contribution < 1.29 is 14.3 Å². The summed E-state index contributed by atoms with van der Waals surface area (Å²) < 4.78 is 4.90. The first-order valence-electron chi connectivity index (χ1n) is 4.89. The van der Waals surface area contributed by atoms with E-state index in [2.05, 4.69) is 0 Å². The number of allylic oxidation sites excluding steroid dienone is 2. The fourth-order valence-electron chi connectivity index (χ4n) is 1.52. The molecule has 0 fully saturated rings. The first-order chi connectivity index (χ1) is 6.50. The maximum absolute atomic E-state index is 11.7. The van der Waals surface area contributed by atoms with Crippen molar-refractivity contribution in [3.8, 4) is 0 Å². The van der Waals surface area contributed by atoms with Crippen molar-refractivity contribution in [1.82, 2.24) is 0 Å². The molecule has 14 heavy (non-hydrogen) atoms. The molecule has 0 aromatic rings. The Morgan fingerprint density at radius 1 is 1.64 bits per heavy atom. The van der Waals surface area contributed by atoms with Gasteiger partial charge in [0.25, 0.3) is 0 Å². The summed E-state index contributed by atoms with van der Waals surface area (Å²) in [5, 5.41) is 0. The van der Waals surface area contributed by atoms with Crippen molar-refractivity contribution in [3.63, 3.8) is 0 Å². The molecule has 1 aliphatic rings. The van der Waals surface area contributed by atoms with Crippen LogP contribution in [0.3, 0.4) is 0 Å². The summed E-state index contributed by atoms with van der Waals surface area (Å²) in [4.78, 5) is 23.2. The molecule has 0 aromatic heterocycles. The van der Waals surface area contributed by atoms with Crippen LogP contribution in [0.2, 0.25) is 0 Å². The summed E-state index contributed by atoms with van der Waals surface area (Å²) in [5.41, 5.74) is 0.0898.